The van der Waals surface area contributed by atoms with Crippen molar-refractivity contribution in [2.45, 2.75) is 26.4 Å². The van der Waals surface area contributed by atoms with Crippen LogP contribution in [-0.2, 0) is 26.6 Å². The van der Waals surface area contributed by atoms with Gasteiger partial charge in [0.1, 0.15) is 11.4 Å². The molecule has 3 aromatic rings. The summed E-state index contributed by atoms with van der Waals surface area (Å²) in [5.41, 5.74) is 5.35. The highest BCUT2D eigenvalue weighted by Gasteiger charge is 2.25. The van der Waals surface area contributed by atoms with E-state index >= 15 is 0 Å². The molecule has 136 valence electrons. The van der Waals surface area contributed by atoms with Crippen molar-refractivity contribution >= 4 is 11.6 Å². The Morgan fingerprint density at radius 2 is 2.15 bits per heavy atom. The normalized spacial score (nSPS) is 14.4. The second kappa shape index (κ2) is 7.13. The summed E-state index contributed by atoms with van der Waals surface area (Å²) >= 11 is 6.28. The molecular formula is C19H22ClN5O. The first kappa shape index (κ1) is 17.1. The molecule has 0 amide bonds. The first-order valence-electron chi connectivity index (χ1n) is 8.84. The maximum Gasteiger partial charge on any atom is 0.128 e. The number of hydrogen-bond acceptors (Lipinski definition) is 4. The van der Waals surface area contributed by atoms with Gasteiger partial charge in [-0.1, -0.05) is 23.7 Å². The highest BCUT2D eigenvalue weighted by atomic mass is 35.5. The molecule has 0 radical (unpaired) electrons. The number of ether oxygens (including phenoxy) is 1. The van der Waals surface area contributed by atoms with Crippen LogP contribution in [0.2, 0.25) is 5.02 Å². The number of fused-ring (bicyclic) bond motifs is 1. The number of rotatable bonds is 5. The summed E-state index contributed by atoms with van der Waals surface area (Å²) in [6, 6.07) is 8.07. The molecule has 4 rings (SSSR count). The third kappa shape index (κ3) is 3.22. The van der Waals surface area contributed by atoms with Gasteiger partial charge in [-0.2, -0.15) is 10.2 Å². The number of aryl methyl sites for hydroxylation is 1. The summed E-state index contributed by atoms with van der Waals surface area (Å²) in [7, 11) is 1.89. The minimum Gasteiger partial charge on any atom is -0.493 e. The highest BCUT2D eigenvalue weighted by molar-refractivity contribution is 6.31. The summed E-state index contributed by atoms with van der Waals surface area (Å²) in [6.07, 6.45) is 2.78. The van der Waals surface area contributed by atoms with Crippen LogP contribution in [0.3, 0.4) is 0 Å². The molecule has 6 nitrogen and oxygen atoms in total. The Bertz CT molecular complexity index is 917. The van der Waals surface area contributed by atoms with Gasteiger partial charge in [-0.15, -0.1) is 0 Å². The molecule has 0 bridgehead atoms. The zero-order valence-corrected chi connectivity index (χ0v) is 15.8. The van der Waals surface area contributed by atoms with E-state index in [1.54, 1.807) is 4.68 Å². The standard InChI is InChI=1S/C19H22ClN5O/c1-3-26-18-7-5-4-6-13(18)19-14-10-25(9-8-16(14)21-22-19)12-17-15(20)11-24(2)23-17/h4-7,11H,3,8-10,12H2,1-2H3,(H,21,22). The second-order valence-corrected chi connectivity index (χ2v) is 6.92. The minimum absolute atomic E-state index is 0.633. The highest BCUT2D eigenvalue weighted by Crippen LogP contribution is 2.34. The molecule has 1 aromatic carbocycles. The number of para-hydroxylation sites is 1. The lowest BCUT2D eigenvalue weighted by Gasteiger charge is -2.26. The molecule has 1 N–H and O–H groups in total. The number of aromatic amines is 1. The fraction of sp³-hybridized carbons (Fsp3) is 0.368. The average Bonchev–Trinajstić information content (AvgIpc) is 3.18. The molecule has 0 atom stereocenters. The van der Waals surface area contributed by atoms with Gasteiger partial charge in [-0.3, -0.25) is 14.7 Å². The molecule has 0 saturated carbocycles. The number of benzene rings is 1. The van der Waals surface area contributed by atoms with Gasteiger partial charge in [0, 0.05) is 56.1 Å². The second-order valence-electron chi connectivity index (χ2n) is 6.52. The smallest absolute Gasteiger partial charge is 0.128 e. The van der Waals surface area contributed by atoms with Crippen molar-refractivity contribution < 1.29 is 4.74 Å². The Kier molecular flexibility index (Phi) is 4.70. The Morgan fingerprint density at radius 1 is 1.31 bits per heavy atom. The van der Waals surface area contributed by atoms with E-state index in [4.69, 9.17) is 16.3 Å². The summed E-state index contributed by atoms with van der Waals surface area (Å²) < 4.78 is 7.55. The fourth-order valence-electron chi connectivity index (χ4n) is 3.48. The van der Waals surface area contributed by atoms with Crippen molar-refractivity contribution in [1.29, 1.82) is 0 Å². The Labute approximate surface area is 157 Å². The van der Waals surface area contributed by atoms with Crippen LogP contribution in [0.1, 0.15) is 23.9 Å². The van der Waals surface area contributed by atoms with E-state index in [0.717, 1.165) is 48.8 Å². The quantitative estimate of drug-likeness (QED) is 0.746. The minimum atomic E-state index is 0.633. The van der Waals surface area contributed by atoms with Gasteiger partial charge in [-0.05, 0) is 19.1 Å². The van der Waals surface area contributed by atoms with Crippen molar-refractivity contribution in [2.24, 2.45) is 7.05 Å². The number of H-pyrrole nitrogens is 1. The van der Waals surface area contributed by atoms with E-state index in [1.165, 1.54) is 11.3 Å². The maximum absolute atomic E-state index is 6.28. The Hall–Kier alpha value is -2.31. The molecule has 0 saturated heterocycles. The Balaban J connectivity index is 1.62. The molecule has 0 aliphatic carbocycles. The number of halogens is 1. The van der Waals surface area contributed by atoms with Crippen molar-refractivity contribution in [3.8, 4) is 17.0 Å². The zero-order valence-electron chi connectivity index (χ0n) is 15.0. The summed E-state index contributed by atoms with van der Waals surface area (Å²) in [5.74, 6) is 0.870. The molecule has 1 aliphatic rings. The molecule has 1 aliphatic heterocycles. The van der Waals surface area contributed by atoms with E-state index in [2.05, 4.69) is 26.3 Å². The van der Waals surface area contributed by atoms with Crippen molar-refractivity contribution in [3.05, 3.63) is 52.4 Å². The first-order valence-corrected chi connectivity index (χ1v) is 9.22. The zero-order chi connectivity index (χ0) is 18.1. The monoisotopic (exact) mass is 371 g/mol. The van der Waals surface area contributed by atoms with Gasteiger partial charge in [0.05, 0.1) is 17.3 Å². The predicted octanol–water partition coefficient (Wildman–Crippen LogP) is 3.42. The third-order valence-electron chi connectivity index (χ3n) is 4.68. The molecule has 3 heterocycles. The van der Waals surface area contributed by atoms with Crippen LogP contribution in [0.25, 0.3) is 11.3 Å². The molecule has 2 aromatic heterocycles. The number of hydrogen-bond donors (Lipinski definition) is 1. The van der Waals surface area contributed by atoms with Crippen molar-refractivity contribution in [1.82, 2.24) is 24.9 Å². The van der Waals surface area contributed by atoms with Crippen LogP contribution in [0.15, 0.2) is 30.5 Å². The number of aromatic nitrogens is 4. The van der Waals surface area contributed by atoms with E-state index in [1.807, 2.05) is 38.4 Å². The topological polar surface area (TPSA) is 59.0 Å². The van der Waals surface area contributed by atoms with Crippen LogP contribution in [-0.4, -0.2) is 38.0 Å². The van der Waals surface area contributed by atoms with Gasteiger partial charge in [0.2, 0.25) is 0 Å². The van der Waals surface area contributed by atoms with Gasteiger partial charge in [0.15, 0.2) is 0 Å². The lowest BCUT2D eigenvalue weighted by atomic mass is 10.0. The first-order chi connectivity index (χ1) is 12.7. The fourth-order valence-corrected chi connectivity index (χ4v) is 3.72. The van der Waals surface area contributed by atoms with Crippen LogP contribution in [0.5, 0.6) is 5.75 Å². The van der Waals surface area contributed by atoms with Gasteiger partial charge >= 0.3 is 0 Å². The van der Waals surface area contributed by atoms with E-state index in [0.29, 0.717) is 11.6 Å². The van der Waals surface area contributed by atoms with E-state index in [9.17, 15) is 0 Å². The Morgan fingerprint density at radius 3 is 2.92 bits per heavy atom. The average molecular weight is 372 g/mol. The predicted molar refractivity (Wildman–Crippen MR) is 101 cm³/mol. The molecule has 7 heteroatoms. The summed E-state index contributed by atoms with van der Waals surface area (Å²) in [4.78, 5) is 2.36. The van der Waals surface area contributed by atoms with Gasteiger partial charge in [0.25, 0.3) is 0 Å². The maximum atomic E-state index is 6.28. The van der Waals surface area contributed by atoms with Crippen molar-refractivity contribution in [3.63, 3.8) is 0 Å². The number of nitrogens with one attached hydrogen (secondary N) is 1. The summed E-state index contributed by atoms with van der Waals surface area (Å²) in [5, 5.41) is 13.0. The third-order valence-corrected chi connectivity index (χ3v) is 5.00. The van der Waals surface area contributed by atoms with Crippen LogP contribution in [0.4, 0.5) is 0 Å². The molecule has 0 spiro atoms. The largest absolute Gasteiger partial charge is 0.493 e. The van der Waals surface area contributed by atoms with Crippen molar-refractivity contribution in [2.75, 3.05) is 13.2 Å². The van der Waals surface area contributed by atoms with Crippen LogP contribution >= 0.6 is 11.6 Å². The lowest BCUT2D eigenvalue weighted by Crippen LogP contribution is -2.30. The van der Waals surface area contributed by atoms with Crippen LogP contribution in [0, 0.1) is 0 Å². The SMILES string of the molecule is CCOc1ccccc1-c1n[nH]c2c1CN(Cc1nn(C)cc1Cl)CC2. The van der Waals surface area contributed by atoms with Crippen LogP contribution < -0.4 is 4.74 Å². The molecule has 26 heavy (non-hydrogen) atoms. The molecule has 0 unspecified atom stereocenters. The van der Waals surface area contributed by atoms with E-state index in [-0.39, 0.29) is 0 Å². The molecular weight excluding hydrogens is 350 g/mol. The van der Waals surface area contributed by atoms with Gasteiger partial charge < -0.3 is 4.74 Å². The number of nitrogens with zero attached hydrogens (tertiary/aromatic N) is 4. The van der Waals surface area contributed by atoms with Gasteiger partial charge in [-0.25, -0.2) is 0 Å². The van der Waals surface area contributed by atoms with E-state index < -0.39 is 0 Å². The summed E-state index contributed by atoms with van der Waals surface area (Å²) in [6.45, 7) is 5.13. The molecule has 0 fully saturated rings. The lowest BCUT2D eigenvalue weighted by molar-refractivity contribution is 0.241.